The third-order valence-electron chi connectivity index (χ3n) is 2.51. The maximum atomic E-state index is 5.87. The molecule has 2 N–H and O–H groups in total. The summed E-state index contributed by atoms with van der Waals surface area (Å²) in [5.74, 6) is 0.349. The van der Waals surface area contributed by atoms with E-state index in [4.69, 9.17) is 17.3 Å². The first-order valence-corrected chi connectivity index (χ1v) is 6.40. The molecule has 2 rings (SSSR count). The fourth-order valence-corrected chi connectivity index (χ4v) is 2.23. The van der Waals surface area contributed by atoms with Crippen molar-refractivity contribution in [3.8, 4) is 0 Å². The van der Waals surface area contributed by atoms with Crippen LogP contribution in [0.2, 0.25) is 5.02 Å². The standard InChI is InChI=1S/C10H13BrClN5/c1-3-17-8(9(11)6(2)14-17)5-16-4-7(12)10(13)15-16/h4H,3,5H2,1-2H3,(H2,13,15). The quantitative estimate of drug-likeness (QED) is 0.945. The Morgan fingerprint density at radius 3 is 2.71 bits per heavy atom. The van der Waals surface area contributed by atoms with Gasteiger partial charge in [-0.15, -0.1) is 0 Å². The fourth-order valence-electron chi connectivity index (χ4n) is 1.67. The first kappa shape index (κ1) is 12.4. The SMILES string of the molecule is CCn1nc(C)c(Br)c1Cn1cc(Cl)c(N)n1. The Labute approximate surface area is 113 Å². The van der Waals surface area contributed by atoms with Crippen LogP contribution in [0.3, 0.4) is 0 Å². The molecule has 0 saturated carbocycles. The summed E-state index contributed by atoms with van der Waals surface area (Å²) in [6.45, 7) is 5.41. The predicted molar refractivity (Wildman–Crippen MR) is 71.1 cm³/mol. The molecule has 0 aliphatic carbocycles. The van der Waals surface area contributed by atoms with E-state index >= 15 is 0 Å². The summed E-state index contributed by atoms with van der Waals surface area (Å²) in [5, 5.41) is 9.02. The first-order chi connectivity index (χ1) is 8.02. The van der Waals surface area contributed by atoms with Crippen molar-refractivity contribution in [3.05, 3.63) is 27.1 Å². The van der Waals surface area contributed by atoms with Gasteiger partial charge in [0.25, 0.3) is 0 Å². The Hall–Kier alpha value is -1.01. The van der Waals surface area contributed by atoms with E-state index in [0.717, 1.165) is 22.4 Å². The van der Waals surface area contributed by atoms with Crippen LogP contribution in [0.15, 0.2) is 10.7 Å². The fraction of sp³-hybridized carbons (Fsp3) is 0.400. The number of nitrogens with zero attached hydrogens (tertiary/aromatic N) is 4. The van der Waals surface area contributed by atoms with Crippen LogP contribution < -0.4 is 5.73 Å². The largest absolute Gasteiger partial charge is 0.381 e. The molecule has 0 spiro atoms. The topological polar surface area (TPSA) is 61.7 Å². The van der Waals surface area contributed by atoms with E-state index in [1.54, 1.807) is 10.9 Å². The van der Waals surface area contributed by atoms with Crippen LogP contribution >= 0.6 is 27.5 Å². The molecule has 17 heavy (non-hydrogen) atoms. The summed E-state index contributed by atoms with van der Waals surface area (Å²) >= 11 is 9.41. The van der Waals surface area contributed by atoms with Crippen LogP contribution in [-0.2, 0) is 13.1 Å². The summed E-state index contributed by atoms with van der Waals surface area (Å²) in [5.41, 5.74) is 7.64. The maximum absolute atomic E-state index is 5.87. The summed E-state index contributed by atoms with van der Waals surface area (Å²) in [7, 11) is 0. The lowest BCUT2D eigenvalue weighted by molar-refractivity contribution is 0.575. The number of rotatable bonds is 3. The number of hydrogen-bond acceptors (Lipinski definition) is 3. The van der Waals surface area contributed by atoms with E-state index in [1.165, 1.54) is 0 Å². The summed E-state index contributed by atoms with van der Waals surface area (Å²) in [6, 6.07) is 0. The average Bonchev–Trinajstić information content (AvgIpc) is 2.74. The number of aryl methyl sites for hydroxylation is 2. The van der Waals surface area contributed by atoms with Crippen molar-refractivity contribution < 1.29 is 0 Å². The molecule has 0 saturated heterocycles. The molecule has 0 aliphatic rings. The smallest absolute Gasteiger partial charge is 0.164 e. The van der Waals surface area contributed by atoms with Gasteiger partial charge in [-0.3, -0.25) is 9.36 Å². The highest BCUT2D eigenvalue weighted by molar-refractivity contribution is 9.10. The van der Waals surface area contributed by atoms with Crippen molar-refractivity contribution >= 4 is 33.3 Å². The van der Waals surface area contributed by atoms with Crippen molar-refractivity contribution in [2.75, 3.05) is 5.73 Å². The van der Waals surface area contributed by atoms with Crippen LogP contribution in [0, 0.1) is 6.92 Å². The summed E-state index contributed by atoms with van der Waals surface area (Å²) in [4.78, 5) is 0. The highest BCUT2D eigenvalue weighted by Gasteiger charge is 2.13. The second kappa shape index (κ2) is 4.70. The summed E-state index contributed by atoms with van der Waals surface area (Å²) in [6.07, 6.45) is 1.71. The summed E-state index contributed by atoms with van der Waals surface area (Å²) < 4.78 is 4.65. The molecule has 0 unspecified atom stereocenters. The molecule has 0 fully saturated rings. The van der Waals surface area contributed by atoms with Gasteiger partial charge < -0.3 is 5.73 Å². The van der Waals surface area contributed by atoms with Crippen LogP contribution in [0.1, 0.15) is 18.3 Å². The van der Waals surface area contributed by atoms with Crippen molar-refractivity contribution in [2.45, 2.75) is 26.9 Å². The molecule has 7 heteroatoms. The average molecular weight is 319 g/mol. The van der Waals surface area contributed by atoms with Crippen molar-refractivity contribution in [1.29, 1.82) is 0 Å². The minimum Gasteiger partial charge on any atom is -0.381 e. The van der Waals surface area contributed by atoms with E-state index in [1.807, 2.05) is 18.5 Å². The number of hydrogen-bond donors (Lipinski definition) is 1. The van der Waals surface area contributed by atoms with E-state index in [2.05, 4.69) is 26.1 Å². The number of nitrogens with two attached hydrogens (primary N) is 1. The highest BCUT2D eigenvalue weighted by atomic mass is 79.9. The Bertz CT molecular complexity index is 526. The number of halogens is 2. The van der Waals surface area contributed by atoms with Gasteiger partial charge in [-0.25, -0.2) is 0 Å². The zero-order valence-electron chi connectivity index (χ0n) is 9.61. The van der Waals surface area contributed by atoms with Crippen molar-refractivity contribution in [3.63, 3.8) is 0 Å². The molecule has 2 aromatic heterocycles. The van der Waals surface area contributed by atoms with Gasteiger partial charge in [0.1, 0.15) is 5.02 Å². The van der Waals surface area contributed by atoms with E-state index < -0.39 is 0 Å². The Morgan fingerprint density at radius 2 is 2.18 bits per heavy atom. The van der Waals surface area contributed by atoms with Gasteiger partial charge in [-0.2, -0.15) is 10.2 Å². The van der Waals surface area contributed by atoms with E-state index in [-0.39, 0.29) is 0 Å². The van der Waals surface area contributed by atoms with Gasteiger partial charge in [-0.05, 0) is 29.8 Å². The lowest BCUT2D eigenvalue weighted by atomic mass is 10.3. The number of anilines is 1. The van der Waals surface area contributed by atoms with Gasteiger partial charge in [-0.1, -0.05) is 11.6 Å². The molecule has 0 atom stereocenters. The minimum atomic E-state index is 0.349. The highest BCUT2D eigenvalue weighted by Crippen LogP contribution is 2.23. The minimum absolute atomic E-state index is 0.349. The van der Waals surface area contributed by atoms with Crippen molar-refractivity contribution in [1.82, 2.24) is 19.6 Å². The molecule has 5 nitrogen and oxygen atoms in total. The molecule has 2 aromatic rings. The molecule has 92 valence electrons. The number of aromatic nitrogens is 4. The molecular formula is C10H13BrClN5. The second-order valence-electron chi connectivity index (χ2n) is 3.72. The molecule has 2 heterocycles. The van der Waals surface area contributed by atoms with Crippen LogP contribution in [0.25, 0.3) is 0 Å². The molecule has 0 aromatic carbocycles. The maximum Gasteiger partial charge on any atom is 0.164 e. The Kier molecular flexibility index (Phi) is 3.44. The Morgan fingerprint density at radius 1 is 1.47 bits per heavy atom. The van der Waals surface area contributed by atoms with E-state index in [9.17, 15) is 0 Å². The third-order valence-corrected chi connectivity index (χ3v) is 3.83. The van der Waals surface area contributed by atoms with Crippen molar-refractivity contribution in [2.24, 2.45) is 0 Å². The van der Waals surface area contributed by atoms with Gasteiger partial charge in [0.15, 0.2) is 5.82 Å². The normalized spacial score (nSPS) is 11.1. The molecule has 0 bridgehead atoms. The molecule has 0 amide bonds. The second-order valence-corrected chi connectivity index (χ2v) is 4.92. The lowest BCUT2D eigenvalue weighted by Gasteiger charge is -2.05. The van der Waals surface area contributed by atoms with E-state index in [0.29, 0.717) is 17.4 Å². The Balaban J connectivity index is 2.35. The first-order valence-electron chi connectivity index (χ1n) is 5.23. The van der Waals surface area contributed by atoms with Crippen LogP contribution in [0.4, 0.5) is 5.82 Å². The molecular weight excluding hydrogens is 306 g/mol. The van der Waals surface area contributed by atoms with Gasteiger partial charge in [0.05, 0.1) is 22.4 Å². The molecule has 0 aliphatic heterocycles. The van der Waals surface area contributed by atoms with Crippen LogP contribution in [0.5, 0.6) is 0 Å². The zero-order chi connectivity index (χ0) is 12.6. The van der Waals surface area contributed by atoms with Gasteiger partial charge in [0.2, 0.25) is 0 Å². The van der Waals surface area contributed by atoms with Gasteiger partial charge >= 0.3 is 0 Å². The van der Waals surface area contributed by atoms with Gasteiger partial charge in [0, 0.05) is 12.7 Å². The number of nitrogen functional groups attached to an aromatic ring is 1. The lowest BCUT2D eigenvalue weighted by Crippen LogP contribution is -2.09. The predicted octanol–water partition coefficient (Wildman–Crippen LogP) is 2.45. The third kappa shape index (κ3) is 2.32. The molecule has 0 radical (unpaired) electrons. The van der Waals surface area contributed by atoms with Crippen LogP contribution in [-0.4, -0.2) is 19.6 Å². The monoisotopic (exact) mass is 317 g/mol. The zero-order valence-corrected chi connectivity index (χ0v) is 12.0.